The minimum absolute atomic E-state index is 0.253. The summed E-state index contributed by atoms with van der Waals surface area (Å²) in [5.74, 6) is -0.0734. The van der Waals surface area contributed by atoms with Crippen LogP contribution < -0.4 is 10.9 Å². The summed E-state index contributed by atoms with van der Waals surface area (Å²) in [4.78, 5) is 33.0. The maximum Gasteiger partial charge on any atom is 0.256 e. The highest BCUT2D eigenvalue weighted by Crippen LogP contribution is 2.24. The number of hydrogen-bond acceptors (Lipinski definition) is 3. The molecule has 1 amide bonds. The highest BCUT2D eigenvalue weighted by molar-refractivity contribution is 6.12. The molecule has 152 valence electrons. The Bertz CT molecular complexity index is 1520. The van der Waals surface area contributed by atoms with E-state index in [1.807, 2.05) is 18.2 Å². The van der Waals surface area contributed by atoms with Crippen molar-refractivity contribution in [2.24, 2.45) is 7.05 Å². The van der Waals surface area contributed by atoms with Crippen LogP contribution in [0.5, 0.6) is 0 Å². The molecule has 0 saturated heterocycles. The Morgan fingerprint density at radius 1 is 1.03 bits per heavy atom. The fraction of sp³-hybridized carbons (Fsp3) is 0.0417. The lowest BCUT2D eigenvalue weighted by molar-refractivity contribution is 0.102. The standard InChI is InChI=1S/C24H17FN4O2/c1-29-21-5-3-2-4-17(21)18(13-22(29)30)24(31)26-16-10-11-19-20(12-16)28-23(27-19)14-6-8-15(25)9-7-14/h2-13H,1H3,(H,26,31)(H,27,28). The number of hydrogen-bond donors (Lipinski definition) is 2. The van der Waals surface area contributed by atoms with E-state index in [1.165, 1.54) is 22.8 Å². The van der Waals surface area contributed by atoms with Gasteiger partial charge in [-0.3, -0.25) is 9.59 Å². The maximum absolute atomic E-state index is 13.2. The second-order valence-corrected chi connectivity index (χ2v) is 7.25. The number of carbonyl (C=O) groups excluding carboxylic acids is 1. The molecule has 0 aliphatic rings. The lowest BCUT2D eigenvalue weighted by atomic mass is 10.1. The van der Waals surface area contributed by atoms with Crippen LogP contribution in [0.1, 0.15) is 10.4 Å². The molecular formula is C24H17FN4O2. The summed E-state index contributed by atoms with van der Waals surface area (Å²) in [6.45, 7) is 0. The first-order valence-corrected chi connectivity index (χ1v) is 9.65. The van der Waals surface area contributed by atoms with Gasteiger partial charge in [0.15, 0.2) is 0 Å². The molecule has 2 N–H and O–H groups in total. The molecule has 5 aromatic rings. The van der Waals surface area contributed by atoms with E-state index in [4.69, 9.17) is 0 Å². The first kappa shape index (κ1) is 18.7. The molecular weight excluding hydrogens is 395 g/mol. The van der Waals surface area contributed by atoms with Gasteiger partial charge in [0.1, 0.15) is 11.6 Å². The highest BCUT2D eigenvalue weighted by atomic mass is 19.1. The third kappa shape index (κ3) is 3.36. The summed E-state index contributed by atoms with van der Waals surface area (Å²) in [7, 11) is 1.68. The van der Waals surface area contributed by atoms with E-state index in [0.29, 0.717) is 28.0 Å². The number of nitrogens with one attached hydrogen (secondary N) is 2. The quantitative estimate of drug-likeness (QED) is 0.459. The first-order valence-electron chi connectivity index (χ1n) is 9.65. The van der Waals surface area contributed by atoms with E-state index in [1.54, 1.807) is 43.4 Å². The fourth-order valence-electron chi connectivity index (χ4n) is 3.63. The van der Waals surface area contributed by atoms with Gasteiger partial charge in [0.2, 0.25) is 0 Å². The normalized spacial score (nSPS) is 11.2. The largest absolute Gasteiger partial charge is 0.338 e. The van der Waals surface area contributed by atoms with E-state index < -0.39 is 0 Å². The van der Waals surface area contributed by atoms with Crippen LogP contribution in [0.3, 0.4) is 0 Å². The molecule has 0 aliphatic carbocycles. The number of carbonyl (C=O) groups is 1. The Kier molecular flexibility index (Phi) is 4.36. The first-order chi connectivity index (χ1) is 15.0. The molecule has 0 fully saturated rings. The molecule has 0 aliphatic heterocycles. The Hall–Kier alpha value is -4.26. The highest BCUT2D eigenvalue weighted by Gasteiger charge is 2.14. The minimum Gasteiger partial charge on any atom is -0.338 e. The van der Waals surface area contributed by atoms with Crippen LogP contribution in [-0.4, -0.2) is 20.4 Å². The lowest BCUT2D eigenvalue weighted by Gasteiger charge is -2.10. The predicted octanol–water partition coefficient (Wildman–Crippen LogP) is 4.47. The van der Waals surface area contributed by atoms with Crippen molar-refractivity contribution in [2.45, 2.75) is 0 Å². The van der Waals surface area contributed by atoms with Crippen LogP contribution in [0, 0.1) is 5.82 Å². The summed E-state index contributed by atoms with van der Waals surface area (Å²) < 4.78 is 14.7. The van der Waals surface area contributed by atoms with Crippen LogP contribution in [0.25, 0.3) is 33.3 Å². The summed E-state index contributed by atoms with van der Waals surface area (Å²) in [6, 6.07) is 20.0. The average Bonchev–Trinajstić information content (AvgIpc) is 3.20. The Morgan fingerprint density at radius 3 is 2.61 bits per heavy atom. The smallest absolute Gasteiger partial charge is 0.256 e. The molecule has 2 heterocycles. The number of aromatic nitrogens is 3. The van der Waals surface area contributed by atoms with Crippen LogP contribution in [0.15, 0.2) is 77.6 Å². The number of imidazole rings is 1. The zero-order valence-electron chi connectivity index (χ0n) is 16.5. The van der Waals surface area contributed by atoms with Crippen molar-refractivity contribution < 1.29 is 9.18 Å². The number of aryl methyl sites for hydroxylation is 1. The number of nitrogens with zero attached hydrogens (tertiary/aromatic N) is 2. The van der Waals surface area contributed by atoms with Crippen molar-refractivity contribution in [3.05, 3.63) is 94.5 Å². The number of benzene rings is 3. The Balaban J connectivity index is 1.49. The van der Waals surface area contributed by atoms with Crippen LogP contribution in [0.4, 0.5) is 10.1 Å². The molecule has 0 saturated carbocycles. The van der Waals surface area contributed by atoms with Gasteiger partial charge < -0.3 is 14.9 Å². The van der Waals surface area contributed by atoms with E-state index >= 15 is 0 Å². The summed E-state index contributed by atoms with van der Waals surface area (Å²) in [5, 5.41) is 3.56. The van der Waals surface area contributed by atoms with Gasteiger partial charge in [-0.15, -0.1) is 0 Å². The summed E-state index contributed by atoms with van der Waals surface area (Å²) in [5.41, 5.74) is 3.52. The molecule has 6 nitrogen and oxygen atoms in total. The molecule has 31 heavy (non-hydrogen) atoms. The Labute approximate surface area is 176 Å². The summed E-state index contributed by atoms with van der Waals surface area (Å²) in [6.07, 6.45) is 0. The van der Waals surface area contributed by atoms with Gasteiger partial charge in [0, 0.05) is 29.8 Å². The second-order valence-electron chi connectivity index (χ2n) is 7.25. The van der Waals surface area contributed by atoms with Gasteiger partial charge in [-0.2, -0.15) is 0 Å². The Morgan fingerprint density at radius 2 is 1.81 bits per heavy atom. The molecule has 2 aromatic heterocycles. The number of fused-ring (bicyclic) bond motifs is 2. The minimum atomic E-state index is -0.369. The number of anilines is 1. The van der Waals surface area contributed by atoms with E-state index in [0.717, 1.165) is 16.6 Å². The number of rotatable bonds is 3. The zero-order chi connectivity index (χ0) is 21.5. The molecule has 0 unspecified atom stereocenters. The van der Waals surface area contributed by atoms with Crippen molar-refractivity contribution in [1.29, 1.82) is 0 Å². The zero-order valence-corrected chi connectivity index (χ0v) is 16.5. The molecule has 0 bridgehead atoms. The van der Waals surface area contributed by atoms with Gasteiger partial charge in [-0.25, -0.2) is 9.37 Å². The van der Waals surface area contributed by atoms with Gasteiger partial charge in [-0.1, -0.05) is 18.2 Å². The molecule has 0 radical (unpaired) electrons. The van der Waals surface area contributed by atoms with Crippen LogP contribution >= 0.6 is 0 Å². The van der Waals surface area contributed by atoms with E-state index in [2.05, 4.69) is 15.3 Å². The van der Waals surface area contributed by atoms with E-state index in [-0.39, 0.29) is 17.3 Å². The number of halogens is 1. The van der Waals surface area contributed by atoms with Gasteiger partial charge in [0.05, 0.1) is 22.1 Å². The summed E-state index contributed by atoms with van der Waals surface area (Å²) >= 11 is 0. The molecule has 5 rings (SSSR count). The number of pyridine rings is 1. The van der Waals surface area contributed by atoms with Crippen molar-refractivity contribution in [1.82, 2.24) is 14.5 Å². The van der Waals surface area contributed by atoms with Crippen molar-refractivity contribution in [3.63, 3.8) is 0 Å². The predicted molar refractivity (Wildman–Crippen MR) is 119 cm³/mol. The fourth-order valence-corrected chi connectivity index (χ4v) is 3.63. The molecule has 3 aromatic carbocycles. The number of H-pyrrole nitrogens is 1. The number of amides is 1. The molecule has 0 atom stereocenters. The van der Waals surface area contributed by atoms with Crippen molar-refractivity contribution in [3.8, 4) is 11.4 Å². The number of aromatic amines is 1. The SMILES string of the molecule is Cn1c(=O)cc(C(=O)Nc2ccc3nc(-c4ccc(F)cc4)[nH]c3c2)c2ccccc21. The van der Waals surface area contributed by atoms with Crippen molar-refractivity contribution >= 4 is 33.5 Å². The van der Waals surface area contributed by atoms with Crippen LogP contribution in [0.2, 0.25) is 0 Å². The van der Waals surface area contributed by atoms with Crippen LogP contribution in [-0.2, 0) is 7.05 Å². The van der Waals surface area contributed by atoms with E-state index in [9.17, 15) is 14.0 Å². The molecule has 7 heteroatoms. The third-order valence-corrected chi connectivity index (χ3v) is 5.26. The topological polar surface area (TPSA) is 79.8 Å². The average molecular weight is 412 g/mol. The third-order valence-electron chi connectivity index (χ3n) is 5.26. The maximum atomic E-state index is 13.2. The van der Waals surface area contributed by atoms with Gasteiger partial charge >= 0.3 is 0 Å². The molecule has 0 spiro atoms. The lowest BCUT2D eigenvalue weighted by Crippen LogP contribution is -2.21. The van der Waals surface area contributed by atoms with Gasteiger partial charge in [0.25, 0.3) is 11.5 Å². The second kappa shape index (κ2) is 7.21. The monoisotopic (exact) mass is 412 g/mol. The van der Waals surface area contributed by atoms with Crippen molar-refractivity contribution in [2.75, 3.05) is 5.32 Å². The number of para-hydroxylation sites is 1. The van der Waals surface area contributed by atoms with Gasteiger partial charge in [-0.05, 0) is 48.5 Å².